The minimum absolute atomic E-state index is 0.0147. The number of methoxy groups -OCH3 is 1. The summed E-state index contributed by atoms with van der Waals surface area (Å²) in [4.78, 5) is 34.2. The van der Waals surface area contributed by atoms with E-state index in [2.05, 4.69) is 20.6 Å². The van der Waals surface area contributed by atoms with E-state index in [1.807, 2.05) is 19.9 Å². The Morgan fingerprint density at radius 2 is 1.93 bits per heavy atom. The molecule has 4 N–H and O–H groups in total. The molecule has 0 aliphatic heterocycles. The van der Waals surface area contributed by atoms with Crippen LogP contribution in [0.15, 0.2) is 47.6 Å². The van der Waals surface area contributed by atoms with Gasteiger partial charge < -0.3 is 25.8 Å². The predicted octanol–water partition coefficient (Wildman–Crippen LogP) is 5.89. The van der Waals surface area contributed by atoms with Gasteiger partial charge in [-0.3, -0.25) is 9.78 Å². The van der Waals surface area contributed by atoms with Gasteiger partial charge in [0.2, 0.25) is 0 Å². The molecule has 12 heteroatoms. The van der Waals surface area contributed by atoms with E-state index in [-0.39, 0.29) is 47.5 Å². The second kappa shape index (κ2) is 14.7. The summed E-state index contributed by atoms with van der Waals surface area (Å²) in [6.45, 7) is 4.58. The second-order valence-corrected chi connectivity index (χ2v) is 11.2. The zero-order valence-electron chi connectivity index (χ0n) is 24.7. The lowest BCUT2D eigenvalue weighted by molar-refractivity contribution is 0.102. The van der Waals surface area contributed by atoms with Crippen molar-refractivity contribution >= 4 is 29.4 Å². The van der Waals surface area contributed by atoms with Crippen LogP contribution in [0.25, 0.3) is 11.3 Å². The van der Waals surface area contributed by atoms with Gasteiger partial charge in [-0.25, -0.2) is 18.6 Å². The first-order chi connectivity index (χ1) is 20.7. The Kier molecular flexibility index (Phi) is 11.1. The predicted molar refractivity (Wildman–Crippen MR) is 162 cm³/mol. The van der Waals surface area contributed by atoms with E-state index in [1.165, 1.54) is 31.0 Å². The first-order valence-electron chi connectivity index (χ1n) is 14.2. The highest BCUT2D eigenvalue weighted by Gasteiger charge is 2.37. The SMILES string of the molecule is CCOCc1cc(F)c(-c2nc(C(=O)Nc3cnccc3[C@@H]3C[C@H](CC)[C@H](NC(=O)OC)[C@H](N)C3)ccc2F)c(SC)c1. The molecule has 0 saturated heterocycles. The van der Waals surface area contributed by atoms with Crippen molar-refractivity contribution in [2.45, 2.75) is 62.6 Å². The molecule has 0 radical (unpaired) electrons. The van der Waals surface area contributed by atoms with Gasteiger partial charge in [0.05, 0.1) is 37.2 Å². The molecule has 230 valence electrons. The molecule has 1 fully saturated rings. The molecule has 0 spiro atoms. The summed E-state index contributed by atoms with van der Waals surface area (Å²) < 4.78 is 40.5. The van der Waals surface area contributed by atoms with E-state index in [0.29, 0.717) is 29.2 Å². The molecule has 43 heavy (non-hydrogen) atoms. The standard InChI is InChI=1S/C31H37F2N5O4S/c1-5-18-13-19(14-23(34)28(18)38-31(40)41-3)20-9-10-35-15-25(20)37-30(39)24-8-7-21(32)29(36-24)27-22(33)11-17(16-42-6-2)12-26(27)43-4/h7-12,15,18-19,23,28H,5-6,13-14,16,34H2,1-4H3,(H,37,39)(H,38,40)/t18-,19+,23+,28-/m0/s1. The molecular weight excluding hydrogens is 576 g/mol. The number of nitrogens with zero attached hydrogens (tertiary/aromatic N) is 2. The second-order valence-electron chi connectivity index (χ2n) is 10.4. The Labute approximate surface area is 254 Å². The number of thioether (sulfide) groups is 1. The molecule has 2 heterocycles. The van der Waals surface area contributed by atoms with Gasteiger partial charge in [0, 0.05) is 23.7 Å². The fourth-order valence-corrected chi connectivity index (χ4v) is 6.32. The molecule has 3 aromatic rings. The molecule has 9 nitrogen and oxygen atoms in total. The molecule has 1 aliphatic rings. The molecule has 1 saturated carbocycles. The van der Waals surface area contributed by atoms with Crippen LogP contribution in [0.2, 0.25) is 0 Å². The van der Waals surface area contributed by atoms with Gasteiger partial charge in [-0.15, -0.1) is 11.8 Å². The van der Waals surface area contributed by atoms with E-state index in [1.54, 1.807) is 24.7 Å². The Bertz CT molecular complexity index is 1460. The van der Waals surface area contributed by atoms with Crippen LogP contribution < -0.4 is 16.4 Å². The van der Waals surface area contributed by atoms with Gasteiger partial charge in [0.1, 0.15) is 23.0 Å². The fraction of sp³-hybridized carbons (Fsp3) is 0.419. The summed E-state index contributed by atoms with van der Waals surface area (Å²) in [5.41, 5.74) is 8.10. The van der Waals surface area contributed by atoms with Crippen molar-refractivity contribution in [1.29, 1.82) is 0 Å². The number of amides is 2. The first kappa shape index (κ1) is 32.3. The third kappa shape index (κ3) is 7.49. The number of hydrogen-bond acceptors (Lipinski definition) is 8. The minimum Gasteiger partial charge on any atom is -0.453 e. The van der Waals surface area contributed by atoms with Crippen molar-refractivity contribution in [2.75, 3.05) is 25.3 Å². The van der Waals surface area contributed by atoms with Crippen LogP contribution in [0, 0.1) is 17.6 Å². The summed E-state index contributed by atoms with van der Waals surface area (Å²) in [6.07, 6.45) is 6.50. The van der Waals surface area contributed by atoms with Crippen LogP contribution in [-0.2, 0) is 16.1 Å². The number of pyridine rings is 2. The number of hydrogen-bond donors (Lipinski definition) is 3. The Balaban J connectivity index is 1.60. The van der Waals surface area contributed by atoms with Crippen molar-refractivity contribution in [1.82, 2.24) is 15.3 Å². The molecule has 2 amide bonds. The van der Waals surface area contributed by atoms with Gasteiger partial charge in [-0.2, -0.15) is 0 Å². The van der Waals surface area contributed by atoms with Gasteiger partial charge in [-0.1, -0.05) is 13.3 Å². The maximum Gasteiger partial charge on any atom is 0.407 e. The minimum atomic E-state index is -0.748. The first-order valence-corrected chi connectivity index (χ1v) is 15.4. The molecule has 0 unspecified atom stereocenters. The quantitative estimate of drug-likeness (QED) is 0.242. The largest absolute Gasteiger partial charge is 0.453 e. The highest BCUT2D eigenvalue weighted by Crippen LogP contribution is 2.40. The summed E-state index contributed by atoms with van der Waals surface area (Å²) >= 11 is 1.25. The number of carbonyl (C=O) groups is 2. The van der Waals surface area contributed by atoms with Crippen LogP contribution >= 0.6 is 11.8 Å². The lowest BCUT2D eigenvalue weighted by Crippen LogP contribution is -2.55. The number of nitrogens with one attached hydrogen (secondary N) is 2. The fourth-order valence-electron chi connectivity index (χ4n) is 5.65. The van der Waals surface area contributed by atoms with E-state index in [0.717, 1.165) is 24.5 Å². The Morgan fingerprint density at radius 3 is 2.63 bits per heavy atom. The lowest BCUT2D eigenvalue weighted by Gasteiger charge is -2.40. The zero-order chi connectivity index (χ0) is 31.1. The number of halogens is 2. The van der Waals surface area contributed by atoms with Crippen LogP contribution in [-0.4, -0.2) is 54.0 Å². The Hall–Kier alpha value is -3.61. The van der Waals surface area contributed by atoms with Crippen molar-refractivity contribution in [3.05, 3.63) is 71.2 Å². The Morgan fingerprint density at radius 1 is 1.14 bits per heavy atom. The van der Waals surface area contributed by atoms with E-state index in [4.69, 9.17) is 15.2 Å². The maximum atomic E-state index is 15.3. The number of anilines is 1. The molecule has 1 aliphatic carbocycles. The highest BCUT2D eigenvalue weighted by molar-refractivity contribution is 7.98. The van der Waals surface area contributed by atoms with Crippen molar-refractivity contribution in [2.24, 2.45) is 11.7 Å². The van der Waals surface area contributed by atoms with Crippen molar-refractivity contribution in [3.8, 4) is 11.3 Å². The smallest absolute Gasteiger partial charge is 0.407 e. The number of benzene rings is 1. The third-order valence-electron chi connectivity index (χ3n) is 7.77. The average molecular weight is 614 g/mol. The summed E-state index contributed by atoms with van der Waals surface area (Å²) in [5, 5.41) is 5.73. The van der Waals surface area contributed by atoms with E-state index in [9.17, 15) is 9.59 Å². The molecular formula is C31H37F2N5O4S. The summed E-state index contributed by atoms with van der Waals surface area (Å²) in [6, 6.07) is 6.66. The van der Waals surface area contributed by atoms with Gasteiger partial charge in [0.15, 0.2) is 0 Å². The molecule has 4 atom stereocenters. The number of ether oxygens (including phenoxy) is 2. The van der Waals surface area contributed by atoms with Crippen molar-refractivity contribution in [3.63, 3.8) is 0 Å². The van der Waals surface area contributed by atoms with Crippen LogP contribution in [0.1, 0.15) is 60.6 Å². The molecule has 4 rings (SSSR count). The lowest BCUT2D eigenvalue weighted by atomic mass is 9.71. The van der Waals surface area contributed by atoms with Gasteiger partial charge in [0.25, 0.3) is 5.91 Å². The number of aromatic nitrogens is 2. The zero-order valence-corrected chi connectivity index (χ0v) is 25.5. The van der Waals surface area contributed by atoms with E-state index < -0.39 is 23.6 Å². The molecule has 2 aromatic heterocycles. The normalized spacial score (nSPS) is 20.0. The van der Waals surface area contributed by atoms with Crippen LogP contribution in [0.5, 0.6) is 0 Å². The van der Waals surface area contributed by atoms with Crippen molar-refractivity contribution < 1.29 is 27.8 Å². The highest BCUT2D eigenvalue weighted by atomic mass is 32.2. The molecule has 0 bridgehead atoms. The number of rotatable bonds is 10. The van der Waals surface area contributed by atoms with E-state index >= 15 is 8.78 Å². The van der Waals surface area contributed by atoms with Gasteiger partial charge >= 0.3 is 6.09 Å². The molecule has 1 aromatic carbocycles. The number of carbonyl (C=O) groups excluding carboxylic acids is 2. The third-order valence-corrected chi connectivity index (χ3v) is 8.53. The van der Waals surface area contributed by atoms with Crippen LogP contribution in [0.4, 0.5) is 19.3 Å². The average Bonchev–Trinajstić information content (AvgIpc) is 3.01. The topological polar surface area (TPSA) is 128 Å². The van der Waals surface area contributed by atoms with Gasteiger partial charge in [-0.05, 0) is 79.3 Å². The number of alkyl carbamates (subject to hydrolysis) is 1. The monoisotopic (exact) mass is 613 g/mol. The summed E-state index contributed by atoms with van der Waals surface area (Å²) in [7, 11) is 1.32. The maximum absolute atomic E-state index is 15.3. The van der Waals surface area contributed by atoms with Crippen LogP contribution in [0.3, 0.4) is 0 Å². The summed E-state index contributed by atoms with van der Waals surface area (Å²) in [5.74, 6) is -1.92. The number of nitrogens with two attached hydrogens (primary N) is 1.